The molecule has 0 aromatic heterocycles. The van der Waals surface area contributed by atoms with Crippen molar-refractivity contribution in [3.63, 3.8) is 0 Å². The molecule has 0 spiro atoms. The highest BCUT2D eigenvalue weighted by Crippen LogP contribution is 2.20. The fraction of sp³-hybridized carbons (Fsp3) is 0.273. The molecule has 0 aliphatic carbocycles. The van der Waals surface area contributed by atoms with Crippen LogP contribution in [-0.2, 0) is 9.47 Å². The van der Waals surface area contributed by atoms with Crippen molar-refractivity contribution in [1.82, 2.24) is 0 Å². The number of hydrogen-bond acceptors (Lipinski definition) is 4. The first-order valence-electron chi connectivity index (χ1n) is 4.55. The number of carbonyl (C=O) groups is 2. The lowest BCUT2D eigenvalue weighted by Crippen LogP contribution is -2.33. The zero-order valence-corrected chi connectivity index (χ0v) is 8.44. The van der Waals surface area contributed by atoms with E-state index in [2.05, 4.69) is 0 Å². The Morgan fingerprint density at radius 3 is 1.53 bits per heavy atom. The number of carbonyl (C=O) groups excluding carboxylic acids is 2. The smallest absolute Gasteiger partial charge is 0.341 e. The van der Waals surface area contributed by atoms with Gasteiger partial charge in [-0.1, -0.05) is 0 Å². The molecule has 0 saturated heterocycles. The summed E-state index contributed by atoms with van der Waals surface area (Å²) in [6, 6.07) is 6.17. The fourth-order valence-corrected chi connectivity index (χ4v) is 1.33. The third-order valence-corrected chi connectivity index (χ3v) is 2.03. The summed E-state index contributed by atoms with van der Waals surface area (Å²) in [5.74, 6) is -2.23. The summed E-state index contributed by atoms with van der Waals surface area (Å²) < 4.78 is 10.0. The second-order valence-electron chi connectivity index (χ2n) is 3.76. The Bertz CT molecular complexity index is 378. The largest absolute Gasteiger partial charge is 0.419 e. The van der Waals surface area contributed by atoms with Crippen molar-refractivity contribution in [2.24, 2.45) is 0 Å². The summed E-state index contributed by atoms with van der Waals surface area (Å²) in [4.78, 5) is 23.1. The molecule has 2 aliphatic rings. The van der Waals surface area contributed by atoms with E-state index in [1.54, 1.807) is 24.3 Å². The van der Waals surface area contributed by atoms with Gasteiger partial charge < -0.3 is 9.47 Å². The number of ether oxygens (including phenoxy) is 2. The minimum Gasteiger partial charge on any atom is -0.419 e. The van der Waals surface area contributed by atoms with E-state index in [1.807, 2.05) is 0 Å². The second kappa shape index (κ2) is 3.08. The number of rotatable bonds is 0. The molecule has 3 rings (SSSR count). The first-order chi connectivity index (χ1) is 6.98. The lowest BCUT2D eigenvalue weighted by Gasteiger charge is -2.23. The van der Waals surface area contributed by atoms with Gasteiger partial charge in [-0.2, -0.15) is 0 Å². The van der Waals surface area contributed by atoms with Crippen molar-refractivity contribution >= 4 is 11.9 Å². The predicted octanol–water partition coefficient (Wildman–Crippen LogP) is 1.75. The second-order valence-corrected chi connectivity index (χ2v) is 3.76. The molecule has 2 heterocycles. The van der Waals surface area contributed by atoms with Crippen molar-refractivity contribution < 1.29 is 19.1 Å². The van der Waals surface area contributed by atoms with Gasteiger partial charge in [0.15, 0.2) is 0 Å². The predicted molar refractivity (Wildman–Crippen MR) is 51.4 cm³/mol. The van der Waals surface area contributed by atoms with E-state index >= 15 is 0 Å². The van der Waals surface area contributed by atoms with E-state index < -0.39 is 17.7 Å². The van der Waals surface area contributed by atoms with Gasteiger partial charge in [0.1, 0.15) is 0 Å². The van der Waals surface area contributed by atoms with Gasteiger partial charge in [0, 0.05) is 13.8 Å². The Kier molecular flexibility index (Phi) is 2.00. The maximum atomic E-state index is 11.5. The van der Waals surface area contributed by atoms with Gasteiger partial charge in [-0.15, -0.1) is 0 Å². The first kappa shape index (κ1) is 9.71. The molecule has 2 aliphatic heterocycles. The summed E-state index contributed by atoms with van der Waals surface area (Å²) in [5.41, 5.74) is 0.815. The number of fused-ring (bicyclic) bond motifs is 6. The molecule has 0 saturated carbocycles. The van der Waals surface area contributed by atoms with E-state index in [1.165, 1.54) is 13.8 Å². The van der Waals surface area contributed by atoms with Gasteiger partial charge >= 0.3 is 11.9 Å². The first-order valence-corrected chi connectivity index (χ1v) is 4.55. The van der Waals surface area contributed by atoms with Crippen molar-refractivity contribution in [2.75, 3.05) is 0 Å². The minimum atomic E-state index is -1.23. The Balaban J connectivity index is 2.49. The molecule has 15 heavy (non-hydrogen) atoms. The van der Waals surface area contributed by atoms with Crippen LogP contribution in [0.1, 0.15) is 34.6 Å². The van der Waals surface area contributed by atoms with Gasteiger partial charge in [0.2, 0.25) is 0 Å². The quantitative estimate of drug-likeness (QED) is 0.607. The molecule has 0 amide bonds. The van der Waals surface area contributed by atoms with Crippen molar-refractivity contribution in [1.29, 1.82) is 0 Å². The number of esters is 2. The van der Waals surface area contributed by atoms with Crippen molar-refractivity contribution in [3.05, 3.63) is 35.4 Å². The number of hydrogen-bond donors (Lipinski definition) is 0. The van der Waals surface area contributed by atoms with Crippen molar-refractivity contribution in [2.45, 2.75) is 19.6 Å². The standard InChI is InChI=1S/C11H10O4/c1-11(2)14-9(12)7-3-4-8(6-5-7)10(13)15-11/h3-6H,1-2H3. The molecule has 78 valence electrons. The van der Waals surface area contributed by atoms with Crippen LogP contribution in [0.3, 0.4) is 0 Å². The summed E-state index contributed by atoms with van der Waals surface area (Å²) in [6.45, 7) is 3.04. The monoisotopic (exact) mass is 206 g/mol. The zero-order chi connectivity index (χ0) is 11.1. The Morgan fingerprint density at radius 1 is 0.867 bits per heavy atom. The van der Waals surface area contributed by atoms with Crippen molar-refractivity contribution in [3.8, 4) is 0 Å². The van der Waals surface area contributed by atoms with Gasteiger partial charge in [-0.05, 0) is 24.3 Å². The average molecular weight is 206 g/mol. The molecule has 2 bridgehead atoms. The molecule has 1 aromatic rings. The van der Waals surface area contributed by atoms with Crippen LogP contribution in [0, 0.1) is 0 Å². The molecule has 0 N–H and O–H groups in total. The molecule has 0 atom stereocenters. The van der Waals surface area contributed by atoms with E-state index in [-0.39, 0.29) is 0 Å². The third-order valence-electron chi connectivity index (χ3n) is 2.03. The van der Waals surface area contributed by atoms with Crippen LogP contribution >= 0.6 is 0 Å². The summed E-state index contributed by atoms with van der Waals surface area (Å²) >= 11 is 0. The Hall–Kier alpha value is -1.84. The molecular weight excluding hydrogens is 196 g/mol. The topological polar surface area (TPSA) is 52.6 Å². The molecular formula is C11H10O4. The average Bonchev–Trinajstić information content (AvgIpc) is 2.21. The normalized spacial score (nSPS) is 18.5. The maximum Gasteiger partial charge on any atom is 0.341 e. The molecule has 4 heteroatoms. The highest BCUT2D eigenvalue weighted by molar-refractivity contribution is 5.94. The lowest BCUT2D eigenvalue weighted by atomic mass is 10.1. The Morgan fingerprint density at radius 2 is 1.20 bits per heavy atom. The molecule has 0 unspecified atom stereocenters. The molecule has 0 fully saturated rings. The summed E-state index contributed by atoms with van der Waals surface area (Å²) in [6.07, 6.45) is 0. The van der Waals surface area contributed by atoms with Gasteiger partial charge in [0.25, 0.3) is 5.79 Å². The highest BCUT2D eigenvalue weighted by atomic mass is 16.7. The van der Waals surface area contributed by atoms with E-state index in [4.69, 9.17) is 9.47 Å². The van der Waals surface area contributed by atoms with E-state index in [0.717, 1.165) is 0 Å². The number of benzene rings is 1. The van der Waals surface area contributed by atoms with Crippen LogP contribution in [0.25, 0.3) is 0 Å². The minimum absolute atomic E-state index is 0.408. The van der Waals surface area contributed by atoms with Crippen LogP contribution in [0.2, 0.25) is 0 Å². The SMILES string of the molecule is CC1(C)OC(=O)c2ccc(cc2)C(=O)O1. The van der Waals surface area contributed by atoms with Gasteiger partial charge in [-0.25, -0.2) is 9.59 Å². The molecule has 4 nitrogen and oxygen atoms in total. The van der Waals surface area contributed by atoms with Crippen LogP contribution in [0.15, 0.2) is 24.3 Å². The summed E-state index contributed by atoms with van der Waals surface area (Å²) in [5, 5.41) is 0. The highest BCUT2D eigenvalue weighted by Gasteiger charge is 2.30. The van der Waals surface area contributed by atoms with Crippen LogP contribution in [0.4, 0.5) is 0 Å². The molecule has 0 radical (unpaired) electrons. The van der Waals surface area contributed by atoms with E-state index in [0.29, 0.717) is 11.1 Å². The van der Waals surface area contributed by atoms with E-state index in [9.17, 15) is 9.59 Å². The van der Waals surface area contributed by atoms with Crippen LogP contribution in [-0.4, -0.2) is 17.7 Å². The van der Waals surface area contributed by atoms with Gasteiger partial charge in [-0.3, -0.25) is 0 Å². The van der Waals surface area contributed by atoms with Crippen LogP contribution in [0.5, 0.6) is 0 Å². The fourth-order valence-electron chi connectivity index (χ4n) is 1.33. The Labute approximate surface area is 86.8 Å². The lowest BCUT2D eigenvalue weighted by molar-refractivity contribution is -0.143. The third kappa shape index (κ3) is 1.83. The summed E-state index contributed by atoms with van der Waals surface area (Å²) in [7, 11) is 0. The maximum absolute atomic E-state index is 11.5. The molecule has 1 aromatic carbocycles. The zero-order valence-electron chi connectivity index (χ0n) is 8.44. The van der Waals surface area contributed by atoms with Crippen LogP contribution < -0.4 is 0 Å². The van der Waals surface area contributed by atoms with Gasteiger partial charge in [0.05, 0.1) is 11.1 Å².